The van der Waals surface area contributed by atoms with Gasteiger partial charge in [0.2, 0.25) is 17.6 Å². The number of ketones is 3. The molecule has 0 saturated carbocycles. The Balaban J connectivity index is 1.11. The van der Waals surface area contributed by atoms with Crippen molar-refractivity contribution in [2.45, 2.75) is 81.6 Å². The van der Waals surface area contributed by atoms with Crippen LogP contribution >= 0.6 is 12.6 Å². The zero-order valence-corrected chi connectivity index (χ0v) is 38.2. The number of hydrogen-bond donors (Lipinski definition) is 9. The highest BCUT2D eigenvalue weighted by Crippen LogP contribution is 2.54. The molecule has 366 valence electrons. The Labute approximate surface area is 387 Å². The second-order valence-electron chi connectivity index (χ2n) is 16.1. The molecule has 66 heavy (non-hydrogen) atoms. The number of methoxy groups -OCH3 is 1. The first-order valence-corrected chi connectivity index (χ1v) is 22.3. The number of aliphatic hydroxyl groups is 3. The molecule has 0 bridgehead atoms. The fourth-order valence-corrected chi connectivity index (χ4v) is 8.32. The number of aliphatic hydroxyl groups excluding tert-OH is 2. The fraction of sp³-hybridized carbons (Fsp3) is 0.614. The number of ether oxygens (including phenoxy) is 7. The number of aromatic hydroxyl groups is 2. The Morgan fingerprint density at radius 3 is 2.05 bits per heavy atom. The van der Waals surface area contributed by atoms with Crippen molar-refractivity contribution in [2.75, 3.05) is 92.1 Å². The van der Waals surface area contributed by atoms with Crippen LogP contribution in [-0.2, 0) is 59.7 Å². The van der Waals surface area contributed by atoms with E-state index in [0.717, 1.165) is 0 Å². The molecule has 22 heteroatoms. The standard InChI is InChI=1S/C44H61N3O18S/c1-25-38(52)28(46-32(51)8-7-31(50)45-9-10-59-11-12-60-13-14-61-15-16-62-17-18-63-19-20-66)21-33(64-25)47-65-43(2)24-44(57,30(49)23-48)22-27-37(43)42(56)36-35(40(27)54)39(53)26-5-4-6-29(58-3)34(26)41(36)55/h4-6,25,28,33,38,47-48,52,54,56-57,66H,7-24H2,1-3H3,(H,45,50)(H,46,51)/t25-,28-,33+,38+,43?,44-/m0/s1. The highest BCUT2D eigenvalue weighted by Gasteiger charge is 2.54. The van der Waals surface area contributed by atoms with Crippen LogP contribution in [0.1, 0.15) is 82.5 Å². The number of thiol groups is 1. The van der Waals surface area contributed by atoms with E-state index >= 15 is 0 Å². The molecule has 0 spiro atoms. The van der Waals surface area contributed by atoms with Crippen LogP contribution in [0, 0.1) is 0 Å². The van der Waals surface area contributed by atoms with Gasteiger partial charge in [0.1, 0.15) is 47.4 Å². The van der Waals surface area contributed by atoms with Crippen LogP contribution in [0.25, 0.3) is 0 Å². The number of Topliss-reactive ketones (excluding diaryl/α,β-unsaturated/α-hetero) is 1. The smallest absolute Gasteiger partial charge is 0.220 e. The summed E-state index contributed by atoms with van der Waals surface area (Å²) >= 11 is 4.06. The van der Waals surface area contributed by atoms with E-state index in [1.807, 2.05) is 0 Å². The number of hydroxylamine groups is 1. The number of fused-ring (bicyclic) bond motifs is 3. The first-order chi connectivity index (χ1) is 31.6. The van der Waals surface area contributed by atoms with Crippen molar-refractivity contribution in [3.05, 3.63) is 51.6 Å². The monoisotopic (exact) mass is 951 g/mol. The lowest BCUT2D eigenvalue weighted by Crippen LogP contribution is -2.59. The molecule has 8 N–H and O–H groups in total. The van der Waals surface area contributed by atoms with Crippen molar-refractivity contribution in [1.82, 2.24) is 16.1 Å². The highest BCUT2D eigenvalue weighted by molar-refractivity contribution is 7.80. The molecule has 0 radical (unpaired) electrons. The number of hydrogen-bond acceptors (Lipinski definition) is 20. The number of nitrogens with one attached hydrogen (secondary N) is 3. The highest BCUT2D eigenvalue weighted by atomic mass is 32.1. The van der Waals surface area contributed by atoms with Crippen LogP contribution in [0.5, 0.6) is 17.2 Å². The quantitative estimate of drug-likeness (QED) is 0.0206. The van der Waals surface area contributed by atoms with Gasteiger partial charge in [0, 0.05) is 61.1 Å². The van der Waals surface area contributed by atoms with E-state index in [1.54, 1.807) is 6.92 Å². The Kier molecular flexibility index (Phi) is 19.7. The maximum absolute atomic E-state index is 14.0. The molecule has 6 atom stereocenters. The van der Waals surface area contributed by atoms with Gasteiger partial charge < -0.3 is 69.3 Å². The predicted molar refractivity (Wildman–Crippen MR) is 234 cm³/mol. The molecule has 2 aromatic rings. The van der Waals surface area contributed by atoms with Crippen molar-refractivity contribution < 1.29 is 87.5 Å². The molecule has 2 aliphatic carbocycles. The average Bonchev–Trinajstić information content (AvgIpc) is 3.29. The lowest BCUT2D eigenvalue weighted by atomic mass is 9.67. The molecule has 1 saturated heterocycles. The van der Waals surface area contributed by atoms with Crippen LogP contribution in [0.15, 0.2) is 18.2 Å². The van der Waals surface area contributed by atoms with Gasteiger partial charge in [-0.1, -0.05) is 12.1 Å². The first-order valence-electron chi connectivity index (χ1n) is 21.7. The number of carbonyl (C=O) groups excluding carboxylic acids is 5. The van der Waals surface area contributed by atoms with Gasteiger partial charge in [-0.25, -0.2) is 0 Å². The van der Waals surface area contributed by atoms with Gasteiger partial charge in [0.15, 0.2) is 11.6 Å². The van der Waals surface area contributed by atoms with E-state index in [9.17, 15) is 49.5 Å². The number of rotatable bonds is 27. The number of benzene rings is 2. The molecule has 5 rings (SSSR count). The van der Waals surface area contributed by atoms with Crippen LogP contribution < -0.4 is 20.9 Å². The maximum Gasteiger partial charge on any atom is 0.220 e. The molecule has 2 aromatic carbocycles. The van der Waals surface area contributed by atoms with Crippen LogP contribution in [0.4, 0.5) is 0 Å². The summed E-state index contributed by atoms with van der Waals surface area (Å²) in [5, 5.41) is 61.3. The molecule has 1 unspecified atom stereocenters. The zero-order chi connectivity index (χ0) is 48.0. The third-order valence-corrected chi connectivity index (χ3v) is 11.6. The minimum Gasteiger partial charge on any atom is -0.507 e. The van der Waals surface area contributed by atoms with Gasteiger partial charge in [0.05, 0.1) is 102 Å². The summed E-state index contributed by atoms with van der Waals surface area (Å²) < 4.78 is 38.2. The molecular formula is C44H61N3O18S. The summed E-state index contributed by atoms with van der Waals surface area (Å²) in [4.78, 5) is 72.4. The second-order valence-corrected chi connectivity index (χ2v) is 16.6. The predicted octanol–water partition coefficient (Wildman–Crippen LogP) is -0.253. The van der Waals surface area contributed by atoms with Gasteiger partial charge in [-0.05, 0) is 19.9 Å². The van der Waals surface area contributed by atoms with Gasteiger partial charge >= 0.3 is 0 Å². The van der Waals surface area contributed by atoms with Crippen LogP contribution in [0.3, 0.4) is 0 Å². The minimum absolute atomic E-state index is 0.0473. The van der Waals surface area contributed by atoms with E-state index in [1.165, 1.54) is 32.2 Å². The molecular weight excluding hydrogens is 891 g/mol. The maximum atomic E-state index is 14.0. The van der Waals surface area contributed by atoms with Crippen molar-refractivity contribution in [2.24, 2.45) is 0 Å². The van der Waals surface area contributed by atoms with E-state index in [0.29, 0.717) is 65.2 Å². The molecule has 21 nitrogen and oxygen atoms in total. The van der Waals surface area contributed by atoms with E-state index < -0.39 is 107 Å². The van der Waals surface area contributed by atoms with Crippen LogP contribution in [0.2, 0.25) is 0 Å². The van der Waals surface area contributed by atoms with Crippen LogP contribution in [-0.4, -0.2) is 177 Å². The summed E-state index contributed by atoms with van der Waals surface area (Å²) in [7, 11) is 1.30. The number of phenolic OH excluding ortho intramolecular Hbond substituents is 2. The summed E-state index contributed by atoms with van der Waals surface area (Å²) in [6.45, 7) is 6.14. The second kappa shape index (κ2) is 24.6. The Morgan fingerprint density at radius 1 is 0.848 bits per heavy atom. The van der Waals surface area contributed by atoms with Gasteiger partial charge in [-0.3, -0.25) is 28.8 Å². The SMILES string of the molecule is COc1cccc2c1C(=O)c1c(O)c3c(c(O)c1C2=O)C[C@@](O)(C(=O)CO)CC3(C)ON[C@H]1C[C@H](NC(=O)CCC(=O)NCCOCCOCCOCCOCCOCCS)[C@H](O)[C@H](C)O1. The topological polar surface area (TPSA) is 296 Å². The summed E-state index contributed by atoms with van der Waals surface area (Å²) in [6.07, 6.45) is -4.91. The van der Waals surface area contributed by atoms with Crippen molar-refractivity contribution in [3.63, 3.8) is 0 Å². The Morgan fingerprint density at radius 2 is 1.44 bits per heavy atom. The van der Waals surface area contributed by atoms with Gasteiger partial charge in [-0.2, -0.15) is 18.1 Å². The number of amides is 2. The third-order valence-electron chi connectivity index (χ3n) is 11.4. The zero-order valence-electron chi connectivity index (χ0n) is 37.3. The summed E-state index contributed by atoms with van der Waals surface area (Å²) in [5.41, 5.74) is -3.53. The molecule has 1 fully saturated rings. The lowest BCUT2D eigenvalue weighted by Gasteiger charge is -2.45. The first kappa shape index (κ1) is 52.7. The fourth-order valence-electron chi connectivity index (χ4n) is 8.19. The number of phenols is 2. The van der Waals surface area contributed by atoms with Gasteiger partial charge in [0.25, 0.3) is 0 Å². The normalized spacial score (nSPS) is 23.4. The molecule has 0 aromatic heterocycles. The molecule has 1 heterocycles. The average molecular weight is 952 g/mol. The Hall–Kier alpha value is -4.30. The lowest BCUT2D eigenvalue weighted by molar-refractivity contribution is -0.225. The molecule has 3 aliphatic rings. The largest absolute Gasteiger partial charge is 0.507 e. The van der Waals surface area contributed by atoms with Crippen molar-refractivity contribution in [1.29, 1.82) is 0 Å². The summed E-state index contributed by atoms with van der Waals surface area (Å²) in [5.74, 6) is -4.46. The minimum atomic E-state index is -2.39. The molecule has 2 amide bonds. The van der Waals surface area contributed by atoms with E-state index in [4.69, 9.17) is 38.0 Å². The number of carbonyl (C=O) groups is 5. The van der Waals surface area contributed by atoms with Crippen molar-refractivity contribution >= 4 is 41.8 Å². The van der Waals surface area contributed by atoms with Gasteiger partial charge in [-0.15, -0.1) is 0 Å². The Bertz CT molecular complexity index is 2040. The third kappa shape index (κ3) is 12.8. The van der Waals surface area contributed by atoms with E-state index in [2.05, 4.69) is 28.7 Å². The molecule has 1 aliphatic heterocycles. The summed E-state index contributed by atoms with van der Waals surface area (Å²) in [6, 6.07) is 3.38. The van der Waals surface area contributed by atoms with E-state index in [-0.39, 0.29) is 60.4 Å². The van der Waals surface area contributed by atoms with Crippen molar-refractivity contribution in [3.8, 4) is 17.2 Å².